The maximum Gasteiger partial charge on any atom is 0.162 e. The molecule has 0 amide bonds. The SMILES string of the molecule is CC(=O)c1ccc(Cl)c(Br)c1F. The summed E-state index contributed by atoms with van der Waals surface area (Å²) in [4.78, 5) is 10.8. The van der Waals surface area contributed by atoms with Crippen molar-refractivity contribution in [1.82, 2.24) is 0 Å². The molecule has 64 valence electrons. The van der Waals surface area contributed by atoms with Crippen LogP contribution in [-0.2, 0) is 0 Å². The first-order valence-corrected chi connectivity index (χ1v) is 4.35. The molecule has 0 atom stereocenters. The lowest BCUT2D eigenvalue weighted by Crippen LogP contribution is -1.97. The zero-order valence-corrected chi connectivity index (χ0v) is 8.54. The molecular weight excluding hydrogens is 246 g/mol. The smallest absolute Gasteiger partial charge is 0.162 e. The molecule has 1 aromatic rings. The fourth-order valence-electron chi connectivity index (χ4n) is 0.798. The molecule has 0 N–H and O–H groups in total. The number of carbonyl (C=O) groups excluding carboxylic acids is 1. The lowest BCUT2D eigenvalue weighted by molar-refractivity contribution is 0.101. The topological polar surface area (TPSA) is 17.1 Å². The maximum absolute atomic E-state index is 13.2. The van der Waals surface area contributed by atoms with Crippen LogP contribution in [0.5, 0.6) is 0 Å². The maximum atomic E-state index is 13.2. The second-order valence-electron chi connectivity index (χ2n) is 2.28. The van der Waals surface area contributed by atoms with Crippen LogP contribution in [0.2, 0.25) is 5.02 Å². The van der Waals surface area contributed by atoms with Gasteiger partial charge in [-0.1, -0.05) is 11.6 Å². The molecule has 0 fully saturated rings. The predicted molar refractivity (Wildman–Crippen MR) is 49.1 cm³/mol. The van der Waals surface area contributed by atoms with Gasteiger partial charge in [-0.05, 0) is 35.0 Å². The van der Waals surface area contributed by atoms with Crippen molar-refractivity contribution in [2.45, 2.75) is 6.92 Å². The van der Waals surface area contributed by atoms with Crippen LogP contribution in [0.15, 0.2) is 16.6 Å². The van der Waals surface area contributed by atoms with Crippen LogP contribution in [0.4, 0.5) is 4.39 Å². The monoisotopic (exact) mass is 250 g/mol. The van der Waals surface area contributed by atoms with Crippen molar-refractivity contribution < 1.29 is 9.18 Å². The summed E-state index contributed by atoms with van der Waals surface area (Å²) in [6.07, 6.45) is 0. The molecule has 0 aliphatic heterocycles. The van der Waals surface area contributed by atoms with E-state index in [1.165, 1.54) is 19.1 Å². The third kappa shape index (κ3) is 1.67. The van der Waals surface area contributed by atoms with E-state index >= 15 is 0 Å². The molecule has 12 heavy (non-hydrogen) atoms. The highest BCUT2D eigenvalue weighted by Gasteiger charge is 2.12. The molecule has 0 spiro atoms. The van der Waals surface area contributed by atoms with Crippen molar-refractivity contribution in [2.75, 3.05) is 0 Å². The van der Waals surface area contributed by atoms with E-state index in [0.29, 0.717) is 0 Å². The summed E-state index contributed by atoms with van der Waals surface area (Å²) in [7, 11) is 0. The summed E-state index contributed by atoms with van der Waals surface area (Å²) < 4.78 is 13.3. The number of rotatable bonds is 1. The normalized spacial score (nSPS) is 10.0. The van der Waals surface area contributed by atoms with Crippen molar-refractivity contribution in [3.05, 3.63) is 33.0 Å². The number of ketones is 1. The van der Waals surface area contributed by atoms with E-state index in [0.717, 1.165) is 0 Å². The standard InChI is InChI=1S/C8H5BrClFO/c1-4(12)5-2-3-6(10)7(9)8(5)11/h2-3H,1H3. The Morgan fingerprint density at radius 3 is 2.67 bits per heavy atom. The molecule has 4 heteroatoms. The second kappa shape index (κ2) is 3.54. The average molecular weight is 251 g/mol. The number of benzene rings is 1. The van der Waals surface area contributed by atoms with Gasteiger partial charge in [0.15, 0.2) is 5.78 Å². The minimum absolute atomic E-state index is 0.0475. The molecular formula is C8H5BrClFO. The first-order chi connectivity index (χ1) is 5.54. The Labute approximate surface area is 82.7 Å². The van der Waals surface area contributed by atoms with E-state index in [1.54, 1.807) is 0 Å². The van der Waals surface area contributed by atoms with Crippen LogP contribution < -0.4 is 0 Å². The Morgan fingerprint density at radius 2 is 2.17 bits per heavy atom. The van der Waals surface area contributed by atoms with Crippen LogP contribution >= 0.6 is 27.5 Å². The minimum Gasteiger partial charge on any atom is -0.294 e. The van der Waals surface area contributed by atoms with Crippen LogP contribution in [0.1, 0.15) is 17.3 Å². The molecule has 0 bridgehead atoms. The van der Waals surface area contributed by atoms with E-state index in [-0.39, 0.29) is 20.8 Å². The van der Waals surface area contributed by atoms with E-state index in [1.807, 2.05) is 0 Å². The van der Waals surface area contributed by atoms with Crippen LogP contribution in [-0.4, -0.2) is 5.78 Å². The summed E-state index contributed by atoms with van der Waals surface area (Å²) >= 11 is 8.53. The van der Waals surface area contributed by atoms with Crippen LogP contribution in [0.3, 0.4) is 0 Å². The lowest BCUT2D eigenvalue weighted by atomic mass is 10.1. The van der Waals surface area contributed by atoms with E-state index in [2.05, 4.69) is 15.9 Å². The molecule has 0 radical (unpaired) electrons. The molecule has 0 aliphatic carbocycles. The van der Waals surface area contributed by atoms with Gasteiger partial charge in [-0.15, -0.1) is 0 Å². The number of Topliss-reactive ketones (excluding diaryl/α,β-unsaturated/α-hetero) is 1. The van der Waals surface area contributed by atoms with E-state index in [4.69, 9.17) is 11.6 Å². The third-order valence-electron chi connectivity index (χ3n) is 1.41. The Hall–Kier alpha value is -0.410. The van der Waals surface area contributed by atoms with Crippen LogP contribution in [0.25, 0.3) is 0 Å². The van der Waals surface area contributed by atoms with E-state index in [9.17, 15) is 9.18 Å². The van der Waals surface area contributed by atoms with Gasteiger partial charge >= 0.3 is 0 Å². The Kier molecular flexibility index (Phi) is 2.85. The fraction of sp³-hybridized carbons (Fsp3) is 0.125. The van der Waals surface area contributed by atoms with Gasteiger partial charge in [0, 0.05) is 0 Å². The lowest BCUT2D eigenvalue weighted by Gasteiger charge is -2.01. The van der Waals surface area contributed by atoms with Crippen molar-refractivity contribution in [3.63, 3.8) is 0 Å². The largest absolute Gasteiger partial charge is 0.294 e. The Morgan fingerprint density at radius 1 is 1.58 bits per heavy atom. The molecule has 1 aromatic carbocycles. The van der Waals surface area contributed by atoms with Crippen molar-refractivity contribution in [2.24, 2.45) is 0 Å². The number of carbonyl (C=O) groups is 1. The first-order valence-electron chi connectivity index (χ1n) is 3.18. The quantitative estimate of drug-likeness (QED) is 0.552. The zero-order chi connectivity index (χ0) is 9.30. The van der Waals surface area contributed by atoms with E-state index < -0.39 is 5.82 Å². The molecule has 0 aliphatic rings. The zero-order valence-electron chi connectivity index (χ0n) is 6.20. The second-order valence-corrected chi connectivity index (χ2v) is 3.48. The third-order valence-corrected chi connectivity index (χ3v) is 2.73. The van der Waals surface area contributed by atoms with Gasteiger partial charge in [0.05, 0.1) is 15.1 Å². The van der Waals surface area contributed by atoms with Gasteiger partial charge in [0.1, 0.15) is 5.82 Å². The Bertz CT molecular complexity index is 338. The van der Waals surface area contributed by atoms with Gasteiger partial charge in [0.25, 0.3) is 0 Å². The molecule has 1 nitrogen and oxygen atoms in total. The highest BCUT2D eigenvalue weighted by atomic mass is 79.9. The molecule has 0 saturated heterocycles. The summed E-state index contributed by atoms with van der Waals surface area (Å²) in [5.41, 5.74) is 0.0475. The number of hydrogen-bond acceptors (Lipinski definition) is 1. The summed E-state index contributed by atoms with van der Waals surface area (Å²) in [6.45, 7) is 1.30. The van der Waals surface area contributed by atoms with Crippen molar-refractivity contribution in [1.29, 1.82) is 0 Å². The van der Waals surface area contributed by atoms with Gasteiger partial charge < -0.3 is 0 Å². The van der Waals surface area contributed by atoms with Crippen molar-refractivity contribution in [3.8, 4) is 0 Å². The predicted octanol–water partition coefficient (Wildman–Crippen LogP) is 3.44. The minimum atomic E-state index is -0.602. The molecule has 0 heterocycles. The van der Waals surface area contributed by atoms with Gasteiger partial charge in [-0.2, -0.15) is 0 Å². The summed E-state index contributed by atoms with van der Waals surface area (Å²) in [5, 5.41) is 0.262. The van der Waals surface area contributed by atoms with Crippen LogP contribution in [0, 0.1) is 5.82 Å². The average Bonchev–Trinajstić information content (AvgIpc) is 2.00. The highest BCUT2D eigenvalue weighted by Crippen LogP contribution is 2.27. The molecule has 0 unspecified atom stereocenters. The Balaban J connectivity index is 3.36. The summed E-state index contributed by atoms with van der Waals surface area (Å²) in [6, 6.07) is 2.84. The number of hydrogen-bond donors (Lipinski definition) is 0. The van der Waals surface area contributed by atoms with Gasteiger partial charge in [-0.3, -0.25) is 4.79 Å². The van der Waals surface area contributed by atoms with Gasteiger partial charge in [0.2, 0.25) is 0 Å². The summed E-state index contributed by atoms with van der Waals surface area (Å²) in [5.74, 6) is -0.917. The molecule has 0 saturated carbocycles. The van der Waals surface area contributed by atoms with Gasteiger partial charge in [-0.25, -0.2) is 4.39 Å². The highest BCUT2D eigenvalue weighted by molar-refractivity contribution is 9.10. The number of halogens is 3. The fourth-order valence-corrected chi connectivity index (χ4v) is 1.29. The molecule has 1 rings (SSSR count). The molecule has 0 aromatic heterocycles. The first kappa shape index (κ1) is 9.68. The van der Waals surface area contributed by atoms with Crippen molar-refractivity contribution >= 4 is 33.3 Å².